The zero-order chi connectivity index (χ0) is 26.0. The topological polar surface area (TPSA) is 154 Å². The van der Waals surface area contributed by atoms with Gasteiger partial charge in [-0.05, 0) is 49.3 Å². The summed E-state index contributed by atoms with van der Waals surface area (Å²) in [6.45, 7) is 4.28. The Bertz CT molecular complexity index is 908. The van der Waals surface area contributed by atoms with E-state index in [9.17, 15) is 28.4 Å². The molecule has 0 aliphatic carbocycles. The number of halogens is 1. The van der Waals surface area contributed by atoms with Crippen LogP contribution in [0.5, 0.6) is 0 Å². The van der Waals surface area contributed by atoms with Gasteiger partial charge < -0.3 is 31.2 Å². The maximum Gasteiger partial charge on any atom is 0.405 e. The van der Waals surface area contributed by atoms with Gasteiger partial charge in [-0.15, -0.1) is 0 Å². The van der Waals surface area contributed by atoms with Crippen LogP contribution in [0.1, 0.15) is 45.1 Å². The van der Waals surface area contributed by atoms with Crippen molar-refractivity contribution in [1.29, 1.82) is 0 Å². The van der Waals surface area contributed by atoms with E-state index < -0.39 is 47.8 Å². The van der Waals surface area contributed by atoms with Gasteiger partial charge >= 0.3 is 6.09 Å². The summed E-state index contributed by atoms with van der Waals surface area (Å²) in [5.41, 5.74) is 0.525. The average Bonchev–Trinajstić information content (AvgIpc) is 2.79. The Morgan fingerprint density at radius 1 is 1.11 bits per heavy atom. The van der Waals surface area contributed by atoms with Crippen molar-refractivity contribution in [3.05, 3.63) is 35.6 Å². The molecular formula is C24H33FN4O6. The summed E-state index contributed by atoms with van der Waals surface area (Å²) in [4.78, 5) is 60.8. The molecule has 1 heterocycles. The molecule has 192 valence electrons. The van der Waals surface area contributed by atoms with Crippen molar-refractivity contribution in [2.75, 3.05) is 6.54 Å². The highest BCUT2D eigenvalue weighted by Gasteiger charge is 2.31. The summed E-state index contributed by atoms with van der Waals surface area (Å²) in [5, 5.41) is 19.2. The van der Waals surface area contributed by atoms with E-state index in [2.05, 4.69) is 21.3 Å². The fraction of sp³-hybridized carbons (Fsp3) is 0.542. The van der Waals surface area contributed by atoms with Crippen LogP contribution in [0, 0.1) is 17.7 Å². The number of benzene rings is 1. The van der Waals surface area contributed by atoms with Gasteiger partial charge in [-0.3, -0.25) is 14.4 Å². The van der Waals surface area contributed by atoms with Crippen LogP contribution in [0.2, 0.25) is 0 Å². The summed E-state index contributed by atoms with van der Waals surface area (Å²) in [5.74, 6) is -2.36. The van der Waals surface area contributed by atoms with Crippen LogP contribution in [-0.2, 0) is 25.6 Å². The van der Waals surface area contributed by atoms with E-state index in [1.54, 1.807) is 0 Å². The minimum atomic E-state index is -1.43. The lowest BCUT2D eigenvalue weighted by Crippen LogP contribution is -2.56. The normalized spacial score (nSPS) is 18.1. The number of carbonyl (C=O) groups is 5. The molecule has 35 heavy (non-hydrogen) atoms. The molecule has 0 bridgehead atoms. The van der Waals surface area contributed by atoms with Crippen molar-refractivity contribution in [2.24, 2.45) is 11.8 Å². The van der Waals surface area contributed by atoms with Gasteiger partial charge in [0.2, 0.25) is 17.7 Å². The third kappa shape index (κ3) is 9.34. The van der Waals surface area contributed by atoms with Crippen molar-refractivity contribution in [3.63, 3.8) is 0 Å². The summed E-state index contributed by atoms with van der Waals surface area (Å²) in [6.07, 6.45) is 0.877. The lowest BCUT2D eigenvalue weighted by molar-refractivity contribution is -0.132. The quantitative estimate of drug-likeness (QED) is 0.276. The first-order valence-electron chi connectivity index (χ1n) is 11.7. The number of hydrogen-bond donors (Lipinski definition) is 5. The molecule has 1 aliphatic rings. The number of carbonyl (C=O) groups excluding carboxylic acids is 4. The predicted octanol–water partition coefficient (Wildman–Crippen LogP) is 1.14. The maximum atomic E-state index is 13.2. The fourth-order valence-electron chi connectivity index (χ4n) is 3.99. The van der Waals surface area contributed by atoms with Crippen molar-refractivity contribution in [1.82, 2.24) is 21.3 Å². The highest BCUT2D eigenvalue weighted by molar-refractivity contribution is 5.92. The van der Waals surface area contributed by atoms with Crippen molar-refractivity contribution in [2.45, 2.75) is 64.1 Å². The number of aldehydes is 1. The molecule has 11 heteroatoms. The second kappa shape index (κ2) is 13.4. The Balaban J connectivity index is 2.09. The Kier molecular flexibility index (Phi) is 10.6. The van der Waals surface area contributed by atoms with Gasteiger partial charge in [0.05, 0.1) is 6.04 Å². The van der Waals surface area contributed by atoms with Crippen LogP contribution in [0.25, 0.3) is 0 Å². The Hall–Kier alpha value is -3.50. The molecule has 1 fully saturated rings. The molecule has 1 aromatic carbocycles. The van der Waals surface area contributed by atoms with Crippen LogP contribution >= 0.6 is 0 Å². The SMILES string of the molecule is CC(C)CC(NC(=O)C(Cc1ccc(F)cc1)NC(=O)O)C(=O)NC(C=O)CC1CCCNC1=O. The molecule has 2 rings (SSSR count). The average molecular weight is 493 g/mol. The minimum absolute atomic E-state index is 0.00663. The molecular weight excluding hydrogens is 459 g/mol. The van der Waals surface area contributed by atoms with E-state index >= 15 is 0 Å². The molecule has 0 spiro atoms. The van der Waals surface area contributed by atoms with E-state index in [4.69, 9.17) is 5.11 Å². The Labute approximate surface area is 203 Å². The summed E-state index contributed by atoms with van der Waals surface area (Å²) < 4.78 is 13.2. The lowest BCUT2D eigenvalue weighted by atomic mass is 9.91. The van der Waals surface area contributed by atoms with Crippen molar-refractivity contribution in [3.8, 4) is 0 Å². The lowest BCUT2D eigenvalue weighted by Gasteiger charge is -2.27. The first-order chi connectivity index (χ1) is 16.6. The van der Waals surface area contributed by atoms with E-state index in [1.165, 1.54) is 24.3 Å². The smallest absolute Gasteiger partial charge is 0.405 e. The highest BCUT2D eigenvalue weighted by atomic mass is 19.1. The first kappa shape index (κ1) is 27.7. The van der Waals surface area contributed by atoms with E-state index in [0.717, 1.165) is 6.42 Å². The molecule has 1 aromatic rings. The van der Waals surface area contributed by atoms with Gasteiger partial charge in [-0.1, -0.05) is 26.0 Å². The summed E-state index contributed by atoms with van der Waals surface area (Å²) in [7, 11) is 0. The molecule has 0 saturated carbocycles. The molecule has 4 amide bonds. The monoisotopic (exact) mass is 492 g/mol. The van der Waals surface area contributed by atoms with E-state index in [-0.39, 0.29) is 31.1 Å². The van der Waals surface area contributed by atoms with Crippen molar-refractivity contribution >= 4 is 30.1 Å². The van der Waals surface area contributed by atoms with Gasteiger partial charge in [0.25, 0.3) is 0 Å². The molecule has 5 N–H and O–H groups in total. The largest absolute Gasteiger partial charge is 0.465 e. The van der Waals surface area contributed by atoms with Gasteiger partial charge in [-0.2, -0.15) is 0 Å². The second-order valence-corrected chi connectivity index (χ2v) is 9.14. The van der Waals surface area contributed by atoms with Crippen LogP contribution in [-0.4, -0.2) is 59.9 Å². The number of carboxylic acid groups (broad SMARTS) is 1. The maximum absolute atomic E-state index is 13.2. The van der Waals surface area contributed by atoms with E-state index in [0.29, 0.717) is 24.8 Å². The summed E-state index contributed by atoms with van der Waals surface area (Å²) in [6, 6.07) is 2.11. The van der Waals surface area contributed by atoms with Crippen LogP contribution in [0.15, 0.2) is 24.3 Å². The molecule has 1 aliphatic heterocycles. The fourth-order valence-corrected chi connectivity index (χ4v) is 3.99. The molecule has 0 radical (unpaired) electrons. The van der Waals surface area contributed by atoms with Gasteiger partial charge in [0, 0.05) is 18.9 Å². The van der Waals surface area contributed by atoms with Gasteiger partial charge in [0.15, 0.2) is 0 Å². The first-order valence-corrected chi connectivity index (χ1v) is 11.7. The number of amides is 4. The zero-order valence-electron chi connectivity index (χ0n) is 19.9. The molecule has 4 atom stereocenters. The van der Waals surface area contributed by atoms with Gasteiger partial charge in [0.1, 0.15) is 24.2 Å². The molecule has 10 nitrogen and oxygen atoms in total. The number of nitrogens with one attached hydrogen (secondary N) is 4. The number of piperidine rings is 1. The Morgan fingerprint density at radius 3 is 2.34 bits per heavy atom. The highest BCUT2D eigenvalue weighted by Crippen LogP contribution is 2.17. The summed E-state index contributed by atoms with van der Waals surface area (Å²) >= 11 is 0. The van der Waals surface area contributed by atoms with Gasteiger partial charge in [-0.25, -0.2) is 9.18 Å². The minimum Gasteiger partial charge on any atom is -0.465 e. The van der Waals surface area contributed by atoms with Crippen LogP contribution in [0.3, 0.4) is 0 Å². The van der Waals surface area contributed by atoms with E-state index in [1.807, 2.05) is 13.8 Å². The van der Waals surface area contributed by atoms with Crippen LogP contribution < -0.4 is 21.3 Å². The number of hydrogen-bond acceptors (Lipinski definition) is 5. The van der Waals surface area contributed by atoms with Crippen LogP contribution in [0.4, 0.5) is 9.18 Å². The molecule has 4 unspecified atom stereocenters. The second-order valence-electron chi connectivity index (χ2n) is 9.14. The Morgan fingerprint density at radius 2 is 1.77 bits per heavy atom. The third-order valence-electron chi connectivity index (χ3n) is 5.74. The third-order valence-corrected chi connectivity index (χ3v) is 5.74. The molecule has 0 aromatic heterocycles. The van der Waals surface area contributed by atoms with Crippen molar-refractivity contribution < 1.29 is 33.5 Å². The standard InChI is InChI=1S/C24H33FN4O6/c1-14(2)10-19(22(32)27-18(13-30)12-16-4-3-9-26-21(16)31)28-23(33)20(29-24(34)35)11-15-5-7-17(25)8-6-15/h5-8,13-14,16,18-20,29H,3-4,9-12H2,1-2H3,(H,26,31)(H,27,32)(H,28,33)(H,34,35). The predicted molar refractivity (Wildman–Crippen MR) is 125 cm³/mol. The molecule has 1 saturated heterocycles. The number of rotatable bonds is 12. The zero-order valence-corrected chi connectivity index (χ0v) is 19.9.